The van der Waals surface area contributed by atoms with Crippen LogP contribution in [0.2, 0.25) is 0 Å². The normalized spacial score (nSPS) is 15.9. The average molecular weight is 281 g/mol. The molecule has 20 heavy (non-hydrogen) atoms. The van der Waals surface area contributed by atoms with Gasteiger partial charge in [0.1, 0.15) is 5.69 Å². The molecule has 1 aliphatic rings. The number of aromatic nitrogens is 1. The molecule has 0 bridgehead atoms. The summed E-state index contributed by atoms with van der Waals surface area (Å²) in [5, 5.41) is 22.7. The standard InChI is InChI=1S/C13H19N3O4/c1-9(17)3-2-6-14-13(18)12-7-11(16(19)20)8-15(12)10-4-5-10/h7-10,17H,2-6H2,1H3,(H,14,18). The van der Waals surface area contributed by atoms with Crippen LogP contribution in [0.25, 0.3) is 0 Å². The van der Waals surface area contributed by atoms with Crippen LogP contribution >= 0.6 is 0 Å². The molecule has 0 saturated heterocycles. The first-order chi connectivity index (χ1) is 9.49. The lowest BCUT2D eigenvalue weighted by molar-refractivity contribution is -0.384. The third-order valence-corrected chi connectivity index (χ3v) is 3.30. The van der Waals surface area contributed by atoms with Crippen molar-refractivity contribution in [1.82, 2.24) is 9.88 Å². The molecule has 1 atom stereocenters. The van der Waals surface area contributed by atoms with E-state index in [1.807, 2.05) is 0 Å². The van der Waals surface area contributed by atoms with E-state index in [4.69, 9.17) is 5.11 Å². The SMILES string of the molecule is CC(O)CCCNC(=O)c1cc([N+](=O)[O-])cn1C1CC1. The lowest BCUT2D eigenvalue weighted by Gasteiger charge is -2.08. The number of carbonyl (C=O) groups is 1. The molecule has 1 amide bonds. The second-order valence-corrected chi connectivity index (χ2v) is 5.23. The van der Waals surface area contributed by atoms with Crippen molar-refractivity contribution in [3.63, 3.8) is 0 Å². The Bertz CT molecular complexity index is 506. The Morgan fingerprint density at radius 2 is 2.35 bits per heavy atom. The highest BCUT2D eigenvalue weighted by Gasteiger charge is 2.30. The largest absolute Gasteiger partial charge is 0.393 e. The summed E-state index contributed by atoms with van der Waals surface area (Å²) < 4.78 is 1.70. The molecule has 0 radical (unpaired) electrons. The highest BCUT2D eigenvalue weighted by Crippen LogP contribution is 2.37. The van der Waals surface area contributed by atoms with E-state index in [0.717, 1.165) is 12.8 Å². The molecule has 1 fully saturated rings. The van der Waals surface area contributed by atoms with Crippen LogP contribution in [0.15, 0.2) is 12.3 Å². The van der Waals surface area contributed by atoms with Crippen LogP contribution in [0.4, 0.5) is 5.69 Å². The molecule has 1 aliphatic carbocycles. The molecule has 1 aromatic heterocycles. The first-order valence-corrected chi connectivity index (χ1v) is 6.81. The summed E-state index contributed by atoms with van der Waals surface area (Å²) in [5.74, 6) is -0.296. The Morgan fingerprint density at radius 3 is 2.90 bits per heavy atom. The highest BCUT2D eigenvalue weighted by atomic mass is 16.6. The van der Waals surface area contributed by atoms with Crippen LogP contribution in [0, 0.1) is 10.1 Å². The van der Waals surface area contributed by atoms with Gasteiger partial charge in [-0.05, 0) is 32.6 Å². The number of hydrogen-bond donors (Lipinski definition) is 2. The number of aliphatic hydroxyl groups is 1. The van der Waals surface area contributed by atoms with Gasteiger partial charge in [-0.3, -0.25) is 14.9 Å². The lowest BCUT2D eigenvalue weighted by atomic mass is 10.2. The molecule has 1 heterocycles. The molecule has 2 rings (SSSR count). The van der Waals surface area contributed by atoms with Gasteiger partial charge in [-0.25, -0.2) is 0 Å². The van der Waals surface area contributed by atoms with Gasteiger partial charge in [0.15, 0.2) is 0 Å². The predicted molar refractivity (Wildman–Crippen MR) is 72.6 cm³/mol. The van der Waals surface area contributed by atoms with Gasteiger partial charge in [-0.1, -0.05) is 0 Å². The van der Waals surface area contributed by atoms with Crippen LogP contribution in [0.3, 0.4) is 0 Å². The summed E-state index contributed by atoms with van der Waals surface area (Å²) >= 11 is 0. The maximum Gasteiger partial charge on any atom is 0.287 e. The molecule has 7 heteroatoms. The topological polar surface area (TPSA) is 97.4 Å². The number of nitrogens with one attached hydrogen (secondary N) is 1. The molecule has 0 spiro atoms. The molecule has 0 aromatic carbocycles. The van der Waals surface area contributed by atoms with Crippen molar-refractivity contribution in [2.75, 3.05) is 6.54 Å². The summed E-state index contributed by atoms with van der Waals surface area (Å²) in [4.78, 5) is 22.4. The maximum absolute atomic E-state index is 12.1. The van der Waals surface area contributed by atoms with Gasteiger partial charge in [0.25, 0.3) is 11.6 Å². The first kappa shape index (κ1) is 14.5. The zero-order chi connectivity index (χ0) is 14.7. The third-order valence-electron chi connectivity index (χ3n) is 3.30. The van der Waals surface area contributed by atoms with Crippen LogP contribution in [0.1, 0.15) is 49.1 Å². The molecule has 1 aromatic rings. The molecule has 2 N–H and O–H groups in total. The number of nitrogens with zero attached hydrogens (tertiary/aromatic N) is 2. The zero-order valence-corrected chi connectivity index (χ0v) is 11.4. The fourth-order valence-electron chi connectivity index (χ4n) is 2.09. The van der Waals surface area contributed by atoms with Crippen molar-refractivity contribution in [3.8, 4) is 0 Å². The summed E-state index contributed by atoms with van der Waals surface area (Å²) in [6.07, 6.45) is 4.24. The van der Waals surface area contributed by atoms with E-state index >= 15 is 0 Å². The predicted octanol–water partition coefficient (Wildman–Crippen LogP) is 1.62. The van der Waals surface area contributed by atoms with E-state index in [9.17, 15) is 14.9 Å². The number of aliphatic hydroxyl groups excluding tert-OH is 1. The molecule has 0 aliphatic heterocycles. The Hall–Kier alpha value is -1.89. The van der Waals surface area contributed by atoms with Gasteiger partial charge in [-0.2, -0.15) is 0 Å². The van der Waals surface area contributed by atoms with Crippen molar-refractivity contribution in [2.45, 2.75) is 44.8 Å². The molecule has 1 unspecified atom stereocenters. The average Bonchev–Trinajstić information content (AvgIpc) is 3.12. The van der Waals surface area contributed by atoms with Gasteiger partial charge in [0, 0.05) is 18.7 Å². The first-order valence-electron chi connectivity index (χ1n) is 6.81. The monoisotopic (exact) mass is 281 g/mol. The summed E-state index contributed by atoms with van der Waals surface area (Å²) in [7, 11) is 0. The molecular formula is C13H19N3O4. The van der Waals surface area contributed by atoms with E-state index in [0.29, 0.717) is 25.1 Å². The smallest absolute Gasteiger partial charge is 0.287 e. The molecular weight excluding hydrogens is 262 g/mol. The fourth-order valence-corrected chi connectivity index (χ4v) is 2.09. The Morgan fingerprint density at radius 1 is 1.65 bits per heavy atom. The number of amides is 1. The van der Waals surface area contributed by atoms with Gasteiger partial charge in [0.05, 0.1) is 17.2 Å². The minimum absolute atomic E-state index is 0.0500. The minimum Gasteiger partial charge on any atom is -0.393 e. The molecule has 110 valence electrons. The van der Waals surface area contributed by atoms with Crippen molar-refractivity contribution in [3.05, 3.63) is 28.1 Å². The van der Waals surface area contributed by atoms with Crippen molar-refractivity contribution in [2.24, 2.45) is 0 Å². The van der Waals surface area contributed by atoms with Crippen LogP contribution < -0.4 is 5.32 Å². The lowest BCUT2D eigenvalue weighted by Crippen LogP contribution is -2.27. The van der Waals surface area contributed by atoms with Gasteiger partial charge in [0.2, 0.25) is 0 Å². The van der Waals surface area contributed by atoms with E-state index < -0.39 is 4.92 Å². The number of nitro groups is 1. The van der Waals surface area contributed by atoms with Crippen LogP contribution in [-0.4, -0.2) is 33.2 Å². The second kappa shape index (κ2) is 6.04. The van der Waals surface area contributed by atoms with E-state index in [1.54, 1.807) is 11.5 Å². The highest BCUT2D eigenvalue weighted by molar-refractivity contribution is 5.93. The summed E-state index contributed by atoms with van der Waals surface area (Å²) in [6.45, 7) is 2.15. The van der Waals surface area contributed by atoms with E-state index in [2.05, 4.69) is 5.32 Å². The molecule has 7 nitrogen and oxygen atoms in total. The maximum atomic E-state index is 12.1. The van der Waals surface area contributed by atoms with Crippen LogP contribution in [-0.2, 0) is 0 Å². The van der Waals surface area contributed by atoms with E-state index in [-0.39, 0.29) is 23.7 Å². The minimum atomic E-state index is -0.483. The molecule has 1 saturated carbocycles. The van der Waals surface area contributed by atoms with Crippen molar-refractivity contribution >= 4 is 11.6 Å². The Kier molecular flexibility index (Phi) is 4.39. The summed E-state index contributed by atoms with van der Waals surface area (Å²) in [5.41, 5.74) is 0.294. The van der Waals surface area contributed by atoms with Gasteiger partial charge < -0.3 is 15.0 Å². The van der Waals surface area contributed by atoms with Crippen molar-refractivity contribution < 1.29 is 14.8 Å². The number of carbonyl (C=O) groups excluding carboxylic acids is 1. The van der Waals surface area contributed by atoms with E-state index in [1.165, 1.54) is 12.3 Å². The zero-order valence-electron chi connectivity index (χ0n) is 11.4. The van der Waals surface area contributed by atoms with Crippen LogP contribution in [0.5, 0.6) is 0 Å². The van der Waals surface area contributed by atoms with Gasteiger partial charge >= 0.3 is 0 Å². The summed E-state index contributed by atoms with van der Waals surface area (Å²) in [6, 6.07) is 1.53. The van der Waals surface area contributed by atoms with Gasteiger partial charge in [-0.15, -0.1) is 0 Å². The van der Waals surface area contributed by atoms with Crippen molar-refractivity contribution in [1.29, 1.82) is 0 Å². The quantitative estimate of drug-likeness (QED) is 0.451. The third kappa shape index (κ3) is 3.57. The number of rotatable bonds is 7. The fraction of sp³-hybridized carbons (Fsp3) is 0.615. The number of hydrogen-bond acceptors (Lipinski definition) is 4. The second-order valence-electron chi connectivity index (χ2n) is 5.23. The Balaban J connectivity index is 1.99. The Labute approximate surface area is 116 Å².